The molecule has 2 aromatic carbocycles. The van der Waals surface area contributed by atoms with E-state index in [0.717, 1.165) is 67.8 Å². The molecule has 0 saturated heterocycles. The lowest BCUT2D eigenvalue weighted by molar-refractivity contribution is -0.124. The third-order valence-corrected chi connectivity index (χ3v) is 8.51. The quantitative estimate of drug-likeness (QED) is 0.373. The van der Waals surface area contributed by atoms with Crippen LogP contribution in [0.1, 0.15) is 74.1 Å². The number of aromatic nitrogens is 1. The zero-order valence-corrected chi connectivity index (χ0v) is 22.9. The normalized spacial score (nSPS) is 23.7. The number of aliphatic hydroxyl groups is 1. The van der Waals surface area contributed by atoms with Gasteiger partial charge in [-0.1, -0.05) is 18.2 Å². The van der Waals surface area contributed by atoms with E-state index in [-0.39, 0.29) is 17.9 Å². The third-order valence-electron chi connectivity index (χ3n) is 8.51. The van der Waals surface area contributed by atoms with Crippen molar-refractivity contribution in [2.24, 2.45) is 11.8 Å². The van der Waals surface area contributed by atoms with Gasteiger partial charge < -0.3 is 19.2 Å². The summed E-state index contributed by atoms with van der Waals surface area (Å²) in [6.07, 6.45) is 8.73. The second-order valence-corrected chi connectivity index (χ2v) is 11.2. The highest BCUT2D eigenvalue weighted by Crippen LogP contribution is 2.39. The molecule has 2 aliphatic carbocycles. The fourth-order valence-corrected chi connectivity index (χ4v) is 6.25. The molecule has 2 saturated carbocycles. The smallest absolute Gasteiger partial charge is 0.230 e. The van der Waals surface area contributed by atoms with Crippen LogP contribution in [-0.2, 0) is 4.79 Å². The van der Waals surface area contributed by atoms with Crippen molar-refractivity contribution in [3.05, 3.63) is 65.5 Å². The Bertz CT molecular complexity index is 1240. The average molecular weight is 517 g/mol. The Kier molecular flexibility index (Phi) is 8.18. The predicted molar refractivity (Wildman–Crippen MR) is 149 cm³/mol. The van der Waals surface area contributed by atoms with E-state index >= 15 is 0 Å². The molecule has 5 rings (SSSR count). The lowest BCUT2D eigenvalue weighted by atomic mass is 9.78. The molecule has 6 heteroatoms. The molecule has 0 aliphatic heterocycles. The number of carbonyl (C=O) groups is 1. The van der Waals surface area contributed by atoms with Crippen LogP contribution in [0.25, 0.3) is 11.5 Å². The van der Waals surface area contributed by atoms with Gasteiger partial charge in [-0.25, -0.2) is 4.98 Å². The molecule has 0 unspecified atom stereocenters. The number of ether oxygens (including phenoxy) is 1. The lowest BCUT2D eigenvalue weighted by Crippen LogP contribution is -2.41. The van der Waals surface area contributed by atoms with Gasteiger partial charge in [-0.05, 0) is 112 Å². The molecule has 2 fully saturated rings. The standard InChI is InChI=1S/C32H40N2O4/c1-21-17-26(13-16-30(21)37-3)24-9-7-23(8-10-24)19-34(32(36)25-11-14-29(35)15-12-25)28-6-4-5-27(18-28)31-33-22(2)20-38-31/h4-6,13,16-18,20,23-25,29,35H,7-12,14-15,19H2,1-3H3. The highest BCUT2D eigenvalue weighted by Gasteiger charge is 2.32. The van der Waals surface area contributed by atoms with Gasteiger partial charge in [-0.2, -0.15) is 0 Å². The number of oxazole rings is 1. The van der Waals surface area contributed by atoms with Gasteiger partial charge in [-0.15, -0.1) is 0 Å². The second kappa shape index (κ2) is 11.7. The van der Waals surface area contributed by atoms with Crippen LogP contribution in [0.4, 0.5) is 5.69 Å². The van der Waals surface area contributed by atoms with Crippen LogP contribution in [0.2, 0.25) is 0 Å². The Hall–Kier alpha value is -3.12. The highest BCUT2D eigenvalue weighted by atomic mass is 16.5. The van der Waals surface area contributed by atoms with E-state index in [9.17, 15) is 9.90 Å². The maximum atomic E-state index is 13.9. The second-order valence-electron chi connectivity index (χ2n) is 11.2. The van der Waals surface area contributed by atoms with Crippen molar-refractivity contribution < 1.29 is 19.1 Å². The maximum Gasteiger partial charge on any atom is 0.230 e. The molecule has 1 N–H and O–H groups in total. The van der Waals surface area contributed by atoms with Crippen LogP contribution in [0, 0.1) is 25.7 Å². The van der Waals surface area contributed by atoms with E-state index < -0.39 is 0 Å². The maximum absolute atomic E-state index is 13.9. The number of aryl methyl sites for hydroxylation is 2. The summed E-state index contributed by atoms with van der Waals surface area (Å²) in [5, 5.41) is 10.0. The molecule has 1 aromatic heterocycles. The van der Waals surface area contributed by atoms with Crippen molar-refractivity contribution in [2.75, 3.05) is 18.6 Å². The third kappa shape index (κ3) is 5.96. The van der Waals surface area contributed by atoms with Crippen molar-refractivity contribution in [1.29, 1.82) is 0 Å². The van der Waals surface area contributed by atoms with Crippen molar-refractivity contribution in [3.63, 3.8) is 0 Å². The number of methoxy groups -OCH3 is 1. The number of hydrogen-bond acceptors (Lipinski definition) is 5. The minimum atomic E-state index is -0.277. The van der Waals surface area contributed by atoms with Gasteiger partial charge in [0.2, 0.25) is 11.8 Å². The predicted octanol–water partition coefficient (Wildman–Crippen LogP) is 6.83. The molecule has 6 nitrogen and oxygen atoms in total. The Morgan fingerprint density at radius 2 is 1.79 bits per heavy atom. The first-order chi connectivity index (χ1) is 18.4. The summed E-state index contributed by atoms with van der Waals surface area (Å²) in [5.74, 6) is 2.67. The number of hydrogen-bond donors (Lipinski definition) is 1. The first-order valence-corrected chi connectivity index (χ1v) is 14.1. The first-order valence-electron chi connectivity index (χ1n) is 14.1. The number of benzene rings is 2. The summed E-state index contributed by atoms with van der Waals surface area (Å²) < 4.78 is 11.1. The zero-order chi connectivity index (χ0) is 26.6. The summed E-state index contributed by atoms with van der Waals surface area (Å²) in [4.78, 5) is 20.4. The van der Waals surface area contributed by atoms with Crippen LogP contribution in [-0.4, -0.2) is 35.8 Å². The Morgan fingerprint density at radius 1 is 1.03 bits per heavy atom. The van der Waals surface area contributed by atoms with Gasteiger partial charge in [-0.3, -0.25) is 4.79 Å². The molecular weight excluding hydrogens is 476 g/mol. The van der Waals surface area contributed by atoms with Gasteiger partial charge in [0.05, 0.1) is 18.9 Å². The van der Waals surface area contributed by atoms with Crippen LogP contribution in [0.3, 0.4) is 0 Å². The molecule has 0 bridgehead atoms. The van der Waals surface area contributed by atoms with Crippen molar-refractivity contribution >= 4 is 11.6 Å². The zero-order valence-electron chi connectivity index (χ0n) is 22.9. The van der Waals surface area contributed by atoms with Gasteiger partial charge in [0.25, 0.3) is 0 Å². The summed E-state index contributed by atoms with van der Waals surface area (Å²) >= 11 is 0. The van der Waals surface area contributed by atoms with Crippen molar-refractivity contribution in [1.82, 2.24) is 4.98 Å². The average Bonchev–Trinajstić information content (AvgIpc) is 3.38. The minimum absolute atomic E-state index is 0.0374. The summed E-state index contributed by atoms with van der Waals surface area (Å²) in [6.45, 7) is 4.74. The highest BCUT2D eigenvalue weighted by molar-refractivity contribution is 5.95. The van der Waals surface area contributed by atoms with Gasteiger partial charge >= 0.3 is 0 Å². The van der Waals surface area contributed by atoms with Gasteiger partial charge in [0.1, 0.15) is 12.0 Å². The largest absolute Gasteiger partial charge is 0.496 e. The van der Waals surface area contributed by atoms with Crippen molar-refractivity contribution in [2.45, 2.75) is 77.2 Å². The van der Waals surface area contributed by atoms with Crippen LogP contribution in [0.15, 0.2) is 53.1 Å². The molecule has 38 heavy (non-hydrogen) atoms. The number of aliphatic hydroxyl groups excluding tert-OH is 1. The Labute approximate surface area is 226 Å². The molecular formula is C32H40N2O4. The first kappa shape index (κ1) is 26.5. The number of rotatable bonds is 7. The minimum Gasteiger partial charge on any atom is -0.496 e. The molecule has 1 heterocycles. The topological polar surface area (TPSA) is 75.8 Å². The summed E-state index contributed by atoms with van der Waals surface area (Å²) in [7, 11) is 1.72. The van der Waals surface area contributed by atoms with Crippen LogP contribution < -0.4 is 9.64 Å². The van der Waals surface area contributed by atoms with Crippen LogP contribution >= 0.6 is 0 Å². The summed E-state index contributed by atoms with van der Waals surface area (Å²) in [6, 6.07) is 14.6. The van der Waals surface area contributed by atoms with E-state index in [0.29, 0.717) is 30.6 Å². The lowest BCUT2D eigenvalue weighted by Gasteiger charge is -2.36. The Balaban J connectivity index is 1.32. The van der Waals surface area contributed by atoms with Gasteiger partial charge in [0.15, 0.2) is 0 Å². The van der Waals surface area contributed by atoms with E-state index in [1.165, 1.54) is 11.1 Å². The van der Waals surface area contributed by atoms with E-state index in [1.54, 1.807) is 13.4 Å². The molecule has 0 radical (unpaired) electrons. The number of amides is 1. The molecule has 202 valence electrons. The number of nitrogens with zero attached hydrogens (tertiary/aromatic N) is 2. The van der Waals surface area contributed by atoms with E-state index in [4.69, 9.17) is 9.15 Å². The van der Waals surface area contributed by atoms with E-state index in [2.05, 4.69) is 30.1 Å². The Morgan fingerprint density at radius 3 is 2.45 bits per heavy atom. The number of carbonyl (C=O) groups excluding carboxylic acids is 1. The van der Waals surface area contributed by atoms with Crippen LogP contribution in [0.5, 0.6) is 5.75 Å². The molecule has 3 aromatic rings. The number of anilines is 1. The monoisotopic (exact) mass is 516 g/mol. The van der Waals surface area contributed by atoms with Gasteiger partial charge in [0, 0.05) is 23.7 Å². The molecule has 2 aliphatic rings. The molecule has 0 spiro atoms. The summed E-state index contributed by atoms with van der Waals surface area (Å²) in [5.41, 5.74) is 5.20. The molecule has 0 atom stereocenters. The van der Waals surface area contributed by atoms with Crippen molar-refractivity contribution in [3.8, 4) is 17.2 Å². The SMILES string of the molecule is COc1ccc(C2CCC(CN(C(=O)C3CCC(O)CC3)c3cccc(-c4nc(C)co4)c3)CC2)cc1C. The van der Waals surface area contributed by atoms with E-state index in [1.807, 2.05) is 36.1 Å². The fourth-order valence-electron chi connectivity index (χ4n) is 6.25. The fraction of sp³-hybridized carbons (Fsp3) is 0.500. The molecule has 1 amide bonds.